The van der Waals surface area contributed by atoms with E-state index in [0.717, 1.165) is 27.2 Å². The van der Waals surface area contributed by atoms with Crippen LogP contribution in [0.15, 0.2) is 121 Å². The van der Waals surface area contributed by atoms with Crippen LogP contribution in [0.25, 0.3) is 43.1 Å². The Morgan fingerprint density at radius 1 is 0.593 bits per heavy atom. The first-order valence-electron chi connectivity index (χ1n) is 18.0. The Bertz CT molecular complexity index is 2350. The average Bonchev–Trinajstić information content (AvgIpc) is 3.78. The van der Waals surface area contributed by atoms with E-state index in [4.69, 9.17) is 23.2 Å². The molecule has 0 saturated heterocycles. The van der Waals surface area contributed by atoms with Crippen molar-refractivity contribution in [3.63, 3.8) is 0 Å². The molecule has 0 atom stereocenters. The van der Waals surface area contributed by atoms with Gasteiger partial charge in [-0.2, -0.15) is 6.08 Å². The molecule has 0 amide bonds. The van der Waals surface area contributed by atoms with Crippen molar-refractivity contribution in [2.24, 2.45) is 0 Å². The van der Waals surface area contributed by atoms with Crippen molar-refractivity contribution >= 4 is 69.5 Å². The summed E-state index contributed by atoms with van der Waals surface area (Å²) >= 11 is 14.1. The number of hydrogen-bond donors (Lipinski definition) is 0. The third-order valence-corrected chi connectivity index (χ3v) is 11.9. The topological polar surface area (TPSA) is 0 Å². The van der Waals surface area contributed by atoms with Crippen LogP contribution in [0.5, 0.6) is 0 Å². The summed E-state index contributed by atoms with van der Waals surface area (Å²) in [6.45, 7) is 18.3. The van der Waals surface area contributed by atoms with Gasteiger partial charge in [-0.25, -0.2) is 12.2 Å². The maximum absolute atomic E-state index is 6.38. The Hall–Kier alpha value is -2.90. The van der Waals surface area contributed by atoms with E-state index in [1.165, 1.54) is 93.1 Å². The molecule has 276 valence electrons. The second kappa shape index (κ2) is 17.9. The summed E-state index contributed by atoms with van der Waals surface area (Å²) < 4.78 is 1.31. The fraction of sp³-hybridized carbons (Fsp3) is 0.224. The number of halogens is 4. The summed E-state index contributed by atoms with van der Waals surface area (Å²) in [7, 11) is 0. The molecule has 1 aliphatic carbocycles. The molecular formula is C49H46Cl4Zr-2. The molecule has 8 rings (SSSR count). The maximum Gasteiger partial charge on any atom is -0.109 e. The van der Waals surface area contributed by atoms with E-state index in [1.54, 1.807) is 0 Å². The van der Waals surface area contributed by atoms with Gasteiger partial charge in [0.15, 0.2) is 0 Å². The predicted molar refractivity (Wildman–Crippen MR) is 227 cm³/mol. The Morgan fingerprint density at radius 3 is 1.35 bits per heavy atom. The molecule has 0 saturated carbocycles. The SMILES string of the molecule is Cc1cc2[cH-]c3cc(C)c(C(C)(C)C)cc3c2cc1C(C)(C)C.Clc1cccc2c([C](=[Zr+2])c3cccc4c(Cl)cccc34)cccc12.[C-]1=CC=CC1.[Cl-].[Cl-]. The summed E-state index contributed by atoms with van der Waals surface area (Å²) in [6.07, 6.45) is 10.0. The first-order valence-corrected chi connectivity index (χ1v) is 19.9. The predicted octanol–water partition coefficient (Wildman–Crippen LogP) is 8.65. The molecule has 0 nitrogen and oxygen atoms in total. The van der Waals surface area contributed by atoms with Gasteiger partial charge in [-0.3, -0.25) is 6.08 Å². The zero-order valence-corrected chi connectivity index (χ0v) is 37.7. The second-order valence-electron chi connectivity index (χ2n) is 15.8. The molecule has 0 heterocycles. The minimum absolute atomic E-state index is 0. The zero-order valence-electron chi connectivity index (χ0n) is 32.3. The Kier molecular flexibility index (Phi) is 14.5. The molecule has 0 unspecified atom stereocenters. The summed E-state index contributed by atoms with van der Waals surface area (Å²) in [5.74, 6) is 0. The summed E-state index contributed by atoms with van der Waals surface area (Å²) in [5.41, 5.74) is 8.53. The van der Waals surface area contributed by atoms with Crippen molar-refractivity contribution in [3.05, 3.63) is 171 Å². The molecule has 0 bridgehead atoms. The molecule has 0 aromatic heterocycles. The van der Waals surface area contributed by atoms with Crippen molar-refractivity contribution in [3.8, 4) is 0 Å². The summed E-state index contributed by atoms with van der Waals surface area (Å²) in [6, 6.07) is 36.7. The molecule has 1 aliphatic rings. The minimum Gasteiger partial charge on any atom is -1.00 e. The van der Waals surface area contributed by atoms with Gasteiger partial charge in [-0.1, -0.05) is 75.9 Å². The molecular weight excluding hydrogens is 822 g/mol. The largest absolute Gasteiger partial charge is 1.00 e. The van der Waals surface area contributed by atoms with E-state index in [2.05, 4.69) is 146 Å². The van der Waals surface area contributed by atoms with Gasteiger partial charge in [0.25, 0.3) is 0 Å². The van der Waals surface area contributed by atoms with Crippen LogP contribution in [-0.2, 0) is 35.1 Å². The third-order valence-electron chi connectivity index (χ3n) is 9.87. The molecule has 7 aromatic carbocycles. The number of benzene rings is 6. The van der Waals surface area contributed by atoms with Crippen LogP contribution in [-0.4, -0.2) is 3.21 Å². The van der Waals surface area contributed by atoms with Gasteiger partial charge >= 0.3 is 166 Å². The first-order chi connectivity index (χ1) is 24.6. The van der Waals surface area contributed by atoms with Gasteiger partial charge in [0.1, 0.15) is 0 Å². The van der Waals surface area contributed by atoms with Gasteiger partial charge in [0, 0.05) is 0 Å². The standard InChI is InChI=1S/C23H29.C21H12Cl2.C5H5.2ClH.Zr/c1-14-9-16-11-17-10-15(2)21(23(6,7)8)13-19(17)18(16)12-20(14)22(3,4)5;22-20-11-3-7-16-14(5-1-9-18(16)20)13-15-6-2-10-19-17(15)8-4-12-21(19)23;1-2-4-5-3-1;;;/h9-13H,1-8H3;1-12H;1-3H,4H2;2*1H;/q-1;;-1;;;+2/p-2. The van der Waals surface area contributed by atoms with Crippen molar-refractivity contribution in [2.45, 2.75) is 72.6 Å². The molecule has 0 fully saturated rings. The molecule has 0 aliphatic heterocycles. The average molecular weight is 868 g/mol. The third kappa shape index (κ3) is 9.37. The second-order valence-corrected chi connectivity index (χ2v) is 17.9. The quantitative estimate of drug-likeness (QED) is 0.153. The Morgan fingerprint density at radius 2 is 1.00 bits per heavy atom. The number of rotatable bonds is 2. The van der Waals surface area contributed by atoms with Gasteiger partial charge in [-0.15, -0.1) is 46.2 Å². The van der Waals surface area contributed by atoms with Crippen LogP contribution in [0, 0.1) is 19.9 Å². The van der Waals surface area contributed by atoms with Gasteiger partial charge < -0.3 is 24.8 Å². The van der Waals surface area contributed by atoms with Crippen molar-refractivity contribution in [2.75, 3.05) is 0 Å². The number of allylic oxidation sites excluding steroid dienone is 4. The van der Waals surface area contributed by atoms with Crippen LogP contribution < -0.4 is 24.8 Å². The van der Waals surface area contributed by atoms with E-state index >= 15 is 0 Å². The minimum atomic E-state index is 0. The van der Waals surface area contributed by atoms with Crippen LogP contribution in [0.3, 0.4) is 0 Å². The molecule has 5 heteroatoms. The molecule has 0 spiro atoms. The van der Waals surface area contributed by atoms with Crippen LogP contribution in [0.4, 0.5) is 0 Å². The van der Waals surface area contributed by atoms with Crippen molar-refractivity contribution in [1.29, 1.82) is 0 Å². The maximum atomic E-state index is 6.38. The van der Waals surface area contributed by atoms with Crippen LogP contribution in [0.1, 0.15) is 81.3 Å². The smallest absolute Gasteiger partial charge is 0.109 e. The van der Waals surface area contributed by atoms with Gasteiger partial charge in [0.2, 0.25) is 0 Å². The monoisotopic (exact) mass is 864 g/mol. The van der Waals surface area contributed by atoms with E-state index in [1.807, 2.05) is 36.4 Å². The number of hydrogen-bond acceptors (Lipinski definition) is 0. The van der Waals surface area contributed by atoms with Gasteiger partial charge in [-0.05, 0) is 24.7 Å². The van der Waals surface area contributed by atoms with Gasteiger partial charge in [0.05, 0.1) is 0 Å². The van der Waals surface area contributed by atoms with E-state index in [-0.39, 0.29) is 35.6 Å². The fourth-order valence-corrected chi connectivity index (χ4v) is 8.96. The van der Waals surface area contributed by atoms with Crippen LogP contribution in [0.2, 0.25) is 10.0 Å². The molecule has 0 N–H and O–H groups in total. The summed E-state index contributed by atoms with van der Waals surface area (Å²) in [5, 5.41) is 11.7. The fourth-order valence-electron chi connectivity index (χ4n) is 7.41. The normalized spacial score (nSPS) is 12.2. The zero-order chi connectivity index (χ0) is 37.4. The van der Waals surface area contributed by atoms with Crippen molar-refractivity contribution < 1.29 is 49.0 Å². The Labute approximate surface area is 359 Å². The molecule has 0 radical (unpaired) electrons. The van der Waals surface area contributed by atoms with Crippen LogP contribution >= 0.6 is 23.2 Å². The van der Waals surface area contributed by atoms with E-state index in [0.29, 0.717) is 0 Å². The number of fused-ring (bicyclic) bond motifs is 5. The van der Waals surface area contributed by atoms with E-state index in [9.17, 15) is 0 Å². The first kappa shape index (κ1) is 43.8. The van der Waals surface area contributed by atoms with E-state index < -0.39 is 0 Å². The molecule has 54 heavy (non-hydrogen) atoms. The summed E-state index contributed by atoms with van der Waals surface area (Å²) in [4.78, 5) is 0. The van der Waals surface area contributed by atoms with Crippen molar-refractivity contribution in [1.82, 2.24) is 0 Å². The molecule has 7 aromatic rings. The Balaban J connectivity index is 0.000000206. The number of aryl methyl sites for hydroxylation is 2.